The van der Waals surface area contributed by atoms with E-state index in [1.807, 2.05) is 13.8 Å². The highest BCUT2D eigenvalue weighted by Crippen LogP contribution is 2.26. The number of anilines is 1. The van der Waals surface area contributed by atoms with E-state index in [1.165, 1.54) is 0 Å². The van der Waals surface area contributed by atoms with Crippen molar-refractivity contribution in [2.75, 3.05) is 5.32 Å². The lowest BCUT2D eigenvalue weighted by Gasteiger charge is -2.08. The molecule has 0 spiro atoms. The average molecular weight is 374 g/mol. The van der Waals surface area contributed by atoms with Gasteiger partial charge in [-0.05, 0) is 25.5 Å². The summed E-state index contributed by atoms with van der Waals surface area (Å²) in [6.45, 7) is 3.85. The smallest absolute Gasteiger partial charge is 0.261 e. The van der Waals surface area contributed by atoms with Gasteiger partial charge in [-0.2, -0.15) is 0 Å². The number of amides is 1. The van der Waals surface area contributed by atoms with E-state index in [-0.39, 0.29) is 0 Å². The fourth-order valence-electron chi connectivity index (χ4n) is 2.70. The molecule has 0 radical (unpaired) electrons. The van der Waals surface area contributed by atoms with E-state index in [1.54, 1.807) is 24.3 Å². The molecule has 1 aromatic heterocycles. The molecule has 7 heteroatoms. The number of rotatable bonds is 5. The molecule has 0 saturated carbocycles. The summed E-state index contributed by atoms with van der Waals surface area (Å²) >= 11 is 0. The van der Waals surface area contributed by atoms with E-state index in [0.717, 1.165) is 18.4 Å². The van der Waals surface area contributed by atoms with Gasteiger partial charge in [0.15, 0.2) is 5.89 Å². The maximum Gasteiger partial charge on any atom is 0.261 e. The molecule has 0 aliphatic heterocycles. The molecule has 3 aromatic rings. The lowest BCUT2D eigenvalue weighted by molar-refractivity contribution is 0.101. The van der Waals surface area contributed by atoms with Crippen LogP contribution in [-0.2, 0) is 6.42 Å². The second kappa shape index (κ2) is 7.65. The van der Waals surface area contributed by atoms with E-state index in [4.69, 9.17) is 4.42 Å². The Hall–Kier alpha value is -3.09. The number of nitrogens with one attached hydrogen (secondary N) is 1. The van der Waals surface area contributed by atoms with Gasteiger partial charge in [-0.3, -0.25) is 4.79 Å². The molecule has 1 amide bonds. The molecule has 0 fully saturated rings. The highest BCUT2D eigenvalue weighted by atomic mass is 19.1. The van der Waals surface area contributed by atoms with Crippen LogP contribution in [0.1, 0.15) is 35.4 Å². The third-order valence-corrected chi connectivity index (χ3v) is 3.95. The second-order valence-corrected chi connectivity index (χ2v) is 6.04. The summed E-state index contributed by atoms with van der Waals surface area (Å²) in [7, 11) is 0. The first kappa shape index (κ1) is 18.7. The van der Waals surface area contributed by atoms with Crippen molar-refractivity contribution in [3.63, 3.8) is 0 Å². The Morgan fingerprint density at radius 3 is 2.33 bits per heavy atom. The Bertz CT molecular complexity index is 958. The van der Waals surface area contributed by atoms with Crippen molar-refractivity contribution < 1.29 is 22.4 Å². The molecule has 0 aliphatic carbocycles. The van der Waals surface area contributed by atoms with Crippen LogP contribution in [0.3, 0.4) is 0 Å². The number of hydrogen-bond acceptors (Lipinski definition) is 3. The third kappa shape index (κ3) is 4.02. The molecule has 0 aliphatic rings. The molecule has 27 heavy (non-hydrogen) atoms. The van der Waals surface area contributed by atoms with Crippen molar-refractivity contribution in [1.29, 1.82) is 0 Å². The maximum atomic E-state index is 13.7. The highest BCUT2D eigenvalue weighted by Gasteiger charge is 2.19. The summed E-state index contributed by atoms with van der Waals surface area (Å²) in [5.41, 5.74) is 0.988. The molecule has 0 unspecified atom stereocenters. The van der Waals surface area contributed by atoms with Crippen LogP contribution < -0.4 is 5.32 Å². The van der Waals surface area contributed by atoms with Crippen LogP contribution in [0.2, 0.25) is 0 Å². The number of oxazole rings is 1. The minimum Gasteiger partial charge on any atom is -0.445 e. The van der Waals surface area contributed by atoms with Crippen molar-refractivity contribution in [1.82, 2.24) is 4.98 Å². The topological polar surface area (TPSA) is 55.1 Å². The van der Waals surface area contributed by atoms with Gasteiger partial charge in [-0.1, -0.05) is 19.1 Å². The van der Waals surface area contributed by atoms with Gasteiger partial charge in [0.2, 0.25) is 0 Å². The SMILES string of the molecule is CCCc1nc(-c2ccc(NC(=O)c3c(F)cc(F)cc3F)cc2)c(C)o1. The average Bonchev–Trinajstić information content (AvgIpc) is 2.95. The monoisotopic (exact) mass is 374 g/mol. The van der Waals surface area contributed by atoms with Crippen LogP contribution in [0.15, 0.2) is 40.8 Å². The summed E-state index contributed by atoms with van der Waals surface area (Å²) in [4.78, 5) is 16.6. The number of halogens is 3. The molecule has 0 bridgehead atoms. The summed E-state index contributed by atoms with van der Waals surface area (Å²) in [6, 6.07) is 7.52. The van der Waals surface area contributed by atoms with Gasteiger partial charge < -0.3 is 9.73 Å². The number of aryl methyl sites for hydroxylation is 2. The van der Waals surface area contributed by atoms with E-state index in [0.29, 0.717) is 35.2 Å². The molecular formula is C20H17F3N2O2. The predicted octanol–water partition coefficient (Wildman–Crippen LogP) is 5.27. The number of carbonyl (C=O) groups excluding carboxylic acids is 1. The van der Waals surface area contributed by atoms with Gasteiger partial charge in [0.25, 0.3) is 5.91 Å². The summed E-state index contributed by atoms with van der Waals surface area (Å²) in [5, 5.41) is 2.39. The molecule has 140 valence electrons. The first-order valence-electron chi connectivity index (χ1n) is 8.41. The van der Waals surface area contributed by atoms with Crippen LogP contribution in [0.25, 0.3) is 11.3 Å². The standard InChI is InChI=1S/C20H17F3N2O2/c1-3-4-17-25-19(11(2)27-17)12-5-7-14(8-6-12)24-20(26)18-15(22)9-13(21)10-16(18)23/h5-10H,3-4H2,1-2H3,(H,24,26). The molecule has 1 N–H and O–H groups in total. The van der Waals surface area contributed by atoms with E-state index in [2.05, 4.69) is 10.3 Å². The lowest BCUT2D eigenvalue weighted by atomic mass is 10.1. The van der Waals surface area contributed by atoms with Crippen LogP contribution >= 0.6 is 0 Å². The van der Waals surface area contributed by atoms with Gasteiger partial charge in [-0.15, -0.1) is 0 Å². The number of carbonyl (C=O) groups is 1. The third-order valence-electron chi connectivity index (χ3n) is 3.95. The van der Waals surface area contributed by atoms with Gasteiger partial charge in [-0.25, -0.2) is 18.2 Å². The molecule has 0 saturated heterocycles. The molecule has 1 heterocycles. The molecule has 0 atom stereocenters. The Morgan fingerprint density at radius 2 is 1.74 bits per heavy atom. The predicted molar refractivity (Wildman–Crippen MR) is 94.9 cm³/mol. The first-order chi connectivity index (χ1) is 12.9. The zero-order valence-electron chi connectivity index (χ0n) is 14.8. The first-order valence-corrected chi connectivity index (χ1v) is 8.41. The normalized spacial score (nSPS) is 10.9. The minimum atomic E-state index is -1.26. The number of nitrogens with zero attached hydrogens (tertiary/aromatic N) is 1. The second-order valence-electron chi connectivity index (χ2n) is 6.04. The van der Waals surface area contributed by atoms with Crippen LogP contribution in [0.4, 0.5) is 18.9 Å². The minimum absolute atomic E-state index is 0.335. The Labute approximate surface area is 154 Å². The maximum absolute atomic E-state index is 13.7. The van der Waals surface area contributed by atoms with Gasteiger partial charge in [0.1, 0.15) is 34.5 Å². The quantitative estimate of drug-likeness (QED) is 0.662. The zero-order chi connectivity index (χ0) is 19.6. The van der Waals surface area contributed by atoms with Gasteiger partial charge in [0, 0.05) is 29.8 Å². The van der Waals surface area contributed by atoms with Gasteiger partial charge >= 0.3 is 0 Å². The summed E-state index contributed by atoms with van der Waals surface area (Å²) in [5.74, 6) is -3.26. The van der Waals surface area contributed by atoms with E-state index in [9.17, 15) is 18.0 Å². The van der Waals surface area contributed by atoms with Crippen molar-refractivity contribution >= 4 is 11.6 Å². The molecular weight excluding hydrogens is 357 g/mol. The molecule has 2 aromatic carbocycles. The molecule has 4 nitrogen and oxygen atoms in total. The highest BCUT2D eigenvalue weighted by molar-refractivity contribution is 6.04. The lowest BCUT2D eigenvalue weighted by Crippen LogP contribution is -2.16. The summed E-state index contributed by atoms with van der Waals surface area (Å²) in [6.07, 6.45) is 1.66. The van der Waals surface area contributed by atoms with Crippen molar-refractivity contribution in [2.45, 2.75) is 26.7 Å². The fraction of sp³-hybridized carbons (Fsp3) is 0.200. The molecule has 3 rings (SSSR count). The van der Waals surface area contributed by atoms with Crippen LogP contribution in [0, 0.1) is 24.4 Å². The Balaban J connectivity index is 1.79. The van der Waals surface area contributed by atoms with Crippen molar-refractivity contribution in [3.8, 4) is 11.3 Å². The van der Waals surface area contributed by atoms with Gasteiger partial charge in [0.05, 0.1) is 0 Å². The Morgan fingerprint density at radius 1 is 1.11 bits per heavy atom. The van der Waals surface area contributed by atoms with E-state index >= 15 is 0 Å². The fourth-order valence-corrected chi connectivity index (χ4v) is 2.70. The number of benzene rings is 2. The zero-order valence-corrected chi connectivity index (χ0v) is 14.8. The summed E-state index contributed by atoms with van der Waals surface area (Å²) < 4.78 is 46.0. The van der Waals surface area contributed by atoms with E-state index < -0.39 is 28.9 Å². The largest absolute Gasteiger partial charge is 0.445 e. The van der Waals surface area contributed by atoms with Crippen LogP contribution in [-0.4, -0.2) is 10.9 Å². The van der Waals surface area contributed by atoms with Crippen LogP contribution in [0.5, 0.6) is 0 Å². The number of aromatic nitrogens is 1. The Kier molecular flexibility index (Phi) is 5.30. The van der Waals surface area contributed by atoms with Crippen molar-refractivity contribution in [3.05, 3.63) is 71.1 Å². The van der Waals surface area contributed by atoms with Crippen molar-refractivity contribution in [2.24, 2.45) is 0 Å². The number of hydrogen-bond donors (Lipinski definition) is 1.